The van der Waals surface area contributed by atoms with Gasteiger partial charge in [0.05, 0.1) is 17.6 Å². The first-order chi connectivity index (χ1) is 17.1. The lowest BCUT2D eigenvalue weighted by Crippen LogP contribution is -2.49. The Hall–Kier alpha value is -3.97. The fraction of sp³-hybridized carbons (Fsp3) is 0.250. The van der Waals surface area contributed by atoms with Crippen molar-refractivity contribution in [3.05, 3.63) is 96.3 Å². The lowest BCUT2D eigenvalue weighted by Gasteiger charge is -2.35. The minimum atomic E-state index is 0.0502. The highest BCUT2D eigenvalue weighted by Crippen LogP contribution is 2.23. The molecule has 1 amide bonds. The molecule has 5 rings (SSSR count). The van der Waals surface area contributed by atoms with E-state index in [9.17, 15) is 4.79 Å². The molecule has 35 heavy (non-hydrogen) atoms. The summed E-state index contributed by atoms with van der Waals surface area (Å²) in [5.41, 5.74) is 4.83. The lowest BCUT2D eigenvalue weighted by molar-refractivity contribution is 0.0746. The number of pyridine rings is 1. The minimum Gasteiger partial charge on any atom is -0.353 e. The molecule has 1 fully saturated rings. The van der Waals surface area contributed by atoms with Gasteiger partial charge in [-0.3, -0.25) is 4.79 Å². The van der Waals surface area contributed by atoms with Gasteiger partial charge >= 0.3 is 0 Å². The molecule has 0 spiro atoms. The Morgan fingerprint density at radius 3 is 2.43 bits per heavy atom. The van der Waals surface area contributed by atoms with E-state index in [1.54, 1.807) is 6.20 Å². The quantitative estimate of drug-likeness (QED) is 0.431. The lowest BCUT2D eigenvalue weighted by atomic mass is 10.1. The highest BCUT2D eigenvalue weighted by atomic mass is 16.2. The number of nitrogens with zero attached hydrogens (tertiary/aromatic N) is 6. The molecule has 1 aliphatic heterocycles. The third kappa shape index (κ3) is 5.10. The van der Waals surface area contributed by atoms with Crippen molar-refractivity contribution >= 4 is 11.7 Å². The molecule has 0 radical (unpaired) electrons. The summed E-state index contributed by atoms with van der Waals surface area (Å²) in [5.74, 6) is 1.02. The molecule has 0 saturated carbocycles. The van der Waals surface area contributed by atoms with Crippen LogP contribution >= 0.6 is 0 Å². The fourth-order valence-corrected chi connectivity index (χ4v) is 4.49. The van der Waals surface area contributed by atoms with Crippen molar-refractivity contribution in [3.8, 4) is 16.9 Å². The second-order valence-corrected chi connectivity index (χ2v) is 9.09. The van der Waals surface area contributed by atoms with Crippen LogP contribution in [0.1, 0.15) is 15.9 Å². The standard InChI is InChI=1S/C28H30N6O/c1-31(2)21-22-11-12-27(29-20-22)32-15-17-33(18-16-32)28(35)24-9-6-10-25(19-24)34-26(13-14-30-34)23-7-4-3-5-8-23/h3-14,19-20H,15-18,21H2,1-2H3. The molecule has 3 heterocycles. The number of rotatable bonds is 6. The SMILES string of the molecule is CN(C)Cc1ccc(N2CCN(C(=O)c3cccc(-n4nccc4-c4ccccc4)c3)CC2)nc1. The van der Waals surface area contributed by atoms with Gasteiger partial charge in [0.15, 0.2) is 0 Å². The average molecular weight is 467 g/mol. The van der Waals surface area contributed by atoms with Gasteiger partial charge in [0.2, 0.25) is 0 Å². The van der Waals surface area contributed by atoms with Crippen molar-refractivity contribution in [2.24, 2.45) is 0 Å². The van der Waals surface area contributed by atoms with Crippen molar-refractivity contribution in [2.45, 2.75) is 6.54 Å². The van der Waals surface area contributed by atoms with Crippen LogP contribution in [0, 0.1) is 0 Å². The Kier molecular flexibility index (Phi) is 6.59. The topological polar surface area (TPSA) is 57.5 Å². The average Bonchev–Trinajstić information content (AvgIpc) is 3.39. The molecule has 0 N–H and O–H groups in total. The molecule has 4 aromatic rings. The van der Waals surface area contributed by atoms with Gasteiger partial charge in [0.25, 0.3) is 5.91 Å². The second kappa shape index (κ2) is 10.1. The van der Waals surface area contributed by atoms with Crippen molar-refractivity contribution < 1.29 is 4.79 Å². The molecule has 0 bridgehead atoms. The number of carbonyl (C=O) groups is 1. The van der Waals surface area contributed by atoms with Gasteiger partial charge in [-0.05, 0) is 50.0 Å². The van der Waals surface area contributed by atoms with Gasteiger partial charge in [-0.15, -0.1) is 0 Å². The molecule has 7 heteroatoms. The van der Waals surface area contributed by atoms with Gasteiger partial charge in [0, 0.05) is 50.0 Å². The van der Waals surface area contributed by atoms with Crippen molar-refractivity contribution in [1.29, 1.82) is 0 Å². The van der Waals surface area contributed by atoms with Crippen LogP contribution in [0.15, 0.2) is 85.2 Å². The van der Waals surface area contributed by atoms with E-state index in [0.717, 1.165) is 42.4 Å². The summed E-state index contributed by atoms with van der Waals surface area (Å²) in [6, 6.07) is 24.1. The normalized spacial score (nSPS) is 13.9. The smallest absolute Gasteiger partial charge is 0.254 e. The zero-order chi connectivity index (χ0) is 24.2. The number of carbonyl (C=O) groups excluding carboxylic acids is 1. The van der Waals surface area contributed by atoms with E-state index in [2.05, 4.69) is 58.2 Å². The van der Waals surface area contributed by atoms with Crippen molar-refractivity contribution in [2.75, 3.05) is 45.2 Å². The Bertz CT molecular complexity index is 1270. The number of anilines is 1. The second-order valence-electron chi connectivity index (χ2n) is 9.09. The van der Waals surface area contributed by atoms with Crippen LogP contribution in [0.2, 0.25) is 0 Å². The predicted octanol–water partition coefficient (Wildman–Crippen LogP) is 3.96. The van der Waals surface area contributed by atoms with Crippen LogP contribution in [0.5, 0.6) is 0 Å². The number of aromatic nitrogens is 3. The zero-order valence-electron chi connectivity index (χ0n) is 20.2. The molecule has 178 valence electrons. The Balaban J connectivity index is 1.26. The number of piperazine rings is 1. The summed E-state index contributed by atoms with van der Waals surface area (Å²) in [6.45, 7) is 3.74. The summed E-state index contributed by atoms with van der Waals surface area (Å²) in [7, 11) is 4.11. The summed E-state index contributed by atoms with van der Waals surface area (Å²) in [5, 5.41) is 4.52. The maximum absolute atomic E-state index is 13.3. The molecular weight excluding hydrogens is 436 g/mol. The van der Waals surface area contributed by atoms with Crippen LogP contribution in [0.25, 0.3) is 16.9 Å². The van der Waals surface area contributed by atoms with Crippen LogP contribution < -0.4 is 4.90 Å². The summed E-state index contributed by atoms with van der Waals surface area (Å²) in [6.07, 6.45) is 3.73. The van der Waals surface area contributed by atoms with E-state index in [4.69, 9.17) is 0 Å². The van der Waals surface area contributed by atoms with Crippen LogP contribution in [-0.4, -0.2) is 70.7 Å². The number of hydrogen-bond acceptors (Lipinski definition) is 5. The Morgan fingerprint density at radius 1 is 0.914 bits per heavy atom. The van der Waals surface area contributed by atoms with E-state index in [-0.39, 0.29) is 5.91 Å². The molecule has 0 unspecified atom stereocenters. The maximum atomic E-state index is 13.3. The first-order valence-corrected chi connectivity index (χ1v) is 11.9. The van der Waals surface area contributed by atoms with Crippen LogP contribution in [0.4, 0.5) is 5.82 Å². The van der Waals surface area contributed by atoms with Crippen LogP contribution in [0.3, 0.4) is 0 Å². The van der Waals surface area contributed by atoms with E-state index >= 15 is 0 Å². The Morgan fingerprint density at radius 2 is 1.71 bits per heavy atom. The summed E-state index contributed by atoms with van der Waals surface area (Å²) in [4.78, 5) is 24.3. The van der Waals surface area contributed by atoms with Gasteiger partial charge < -0.3 is 14.7 Å². The predicted molar refractivity (Wildman–Crippen MR) is 139 cm³/mol. The van der Waals surface area contributed by atoms with E-state index in [0.29, 0.717) is 18.7 Å². The van der Waals surface area contributed by atoms with Gasteiger partial charge in [0.1, 0.15) is 5.82 Å². The molecule has 2 aromatic heterocycles. The van der Waals surface area contributed by atoms with Gasteiger partial charge in [-0.2, -0.15) is 5.10 Å². The van der Waals surface area contributed by atoms with E-state index in [1.165, 1.54) is 5.56 Å². The Labute approximate surface area is 206 Å². The van der Waals surface area contributed by atoms with Gasteiger partial charge in [-0.25, -0.2) is 9.67 Å². The number of benzene rings is 2. The molecule has 7 nitrogen and oxygen atoms in total. The fourth-order valence-electron chi connectivity index (χ4n) is 4.49. The molecular formula is C28H30N6O. The van der Waals surface area contributed by atoms with Gasteiger partial charge in [-0.1, -0.05) is 42.5 Å². The van der Waals surface area contributed by atoms with Crippen molar-refractivity contribution in [3.63, 3.8) is 0 Å². The monoisotopic (exact) mass is 466 g/mol. The third-order valence-electron chi connectivity index (χ3n) is 6.25. The number of amides is 1. The molecule has 2 aromatic carbocycles. The third-order valence-corrected chi connectivity index (χ3v) is 6.25. The largest absolute Gasteiger partial charge is 0.353 e. The first-order valence-electron chi connectivity index (χ1n) is 11.9. The molecule has 0 aliphatic carbocycles. The zero-order valence-corrected chi connectivity index (χ0v) is 20.2. The summed E-state index contributed by atoms with van der Waals surface area (Å²) < 4.78 is 1.88. The molecule has 1 aliphatic rings. The highest BCUT2D eigenvalue weighted by molar-refractivity contribution is 5.95. The van der Waals surface area contributed by atoms with E-state index in [1.807, 2.05) is 64.3 Å². The first kappa shape index (κ1) is 22.8. The van der Waals surface area contributed by atoms with Crippen molar-refractivity contribution in [1.82, 2.24) is 24.6 Å². The molecule has 0 atom stereocenters. The maximum Gasteiger partial charge on any atom is 0.254 e. The summed E-state index contributed by atoms with van der Waals surface area (Å²) >= 11 is 0. The van der Waals surface area contributed by atoms with Crippen LogP contribution in [-0.2, 0) is 6.54 Å². The highest BCUT2D eigenvalue weighted by Gasteiger charge is 2.23. The number of hydrogen-bond donors (Lipinski definition) is 0. The van der Waals surface area contributed by atoms with E-state index < -0.39 is 0 Å². The molecule has 1 saturated heterocycles. The minimum absolute atomic E-state index is 0.0502.